The molecule has 3 nitrogen and oxygen atoms in total. The van der Waals surface area contributed by atoms with Crippen LogP contribution in [0.5, 0.6) is 11.5 Å². The van der Waals surface area contributed by atoms with Crippen molar-refractivity contribution >= 4 is 17.5 Å². The first kappa shape index (κ1) is 22.7. The molecule has 0 saturated heterocycles. The molecular weight excluding hydrogens is 454 g/mol. The second-order valence-corrected chi connectivity index (χ2v) is 11.5. The molecular formula is C31H32ClNO2. The highest BCUT2D eigenvalue weighted by molar-refractivity contribution is 6.30. The van der Waals surface area contributed by atoms with E-state index in [1.54, 1.807) is 0 Å². The number of amides is 1. The van der Waals surface area contributed by atoms with Gasteiger partial charge in [0, 0.05) is 11.6 Å². The quantitative estimate of drug-likeness (QED) is 0.380. The lowest BCUT2D eigenvalue weighted by Gasteiger charge is -2.61. The molecule has 7 rings (SSSR count). The smallest absolute Gasteiger partial charge is 0.226 e. The second-order valence-electron chi connectivity index (χ2n) is 11.1. The first-order chi connectivity index (χ1) is 17.0. The van der Waals surface area contributed by atoms with Gasteiger partial charge in [0.1, 0.15) is 11.5 Å². The SMILES string of the molecule is O=C(NCCc1cccc(Oc2ccccc2)c1)C12CC3CC(C1)CC(c1ccc(Cl)cc1)(C3)C2. The molecule has 35 heavy (non-hydrogen) atoms. The number of rotatable bonds is 7. The molecule has 3 aromatic rings. The lowest BCUT2D eigenvalue weighted by molar-refractivity contribution is -0.149. The van der Waals surface area contributed by atoms with Crippen LogP contribution in [0.25, 0.3) is 0 Å². The molecule has 4 aliphatic carbocycles. The summed E-state index contributed by atoms with van der Waals surface area (Å²) >= 11 is 6.18. The van der Waals surface area contributed by atoms with Gasteiger partial charge in [-0.1, -0.05) is 54.1 Å². The van der Waals surface area contributed by atoms with Crippen molar-refractivity contribution in [3.05, 3.63) is 95.0 Å². The molecule has 3 aromatic carbocycles. The summed E-state index contributed by atoms with van der Waals surface area (Å²) in [6.07, 6.45) is 7.58. The topological polar surface area (TPSA) is 38.3 Å². The van der Waals surface area contributed by atoms with Crippen LogP contribution in [0.4, 0.5) is 0 Å². The molecule has 0 radical (unpaired) electrons. The minimum atomic E-state index is -0.220. The maximum Gasteiger partial charge on any atom is 0.226 e. The Kier molecular flexibility index (Phi) is 5.84. The average molecular weight is 486 g/mol. The van der Waals surface area contributed by atoms with E-state index in [1.807, 2.05) is 54.6 Å². The monoisotopic (exact) mass is 485 g/mol. The van der Waals surface area contributed by atoms with Gasteiger partial charge in [-0.05, 0) is 110 Å². The van der Waals surface area contributed by atoms with Crippen molar-refractivity contribution in [1.82, 2.24) is 5.32 Å². The molecule has 0 aromatic heterocycles. The molecule has 4 fully saturated rings. The second kappa shape index (κ2) is 9.02. The van der Waals surface area contributed by atoms with E-state index in [2.05, 4.69) is 29.6 Å². The van der Waals surface area contributed by atoms with Crippen molar-refractivity contribution in [2.45, 2.75) is 50.4 Å². The lowest BCUT2D eigenvalue weighted by Crippen LogP contribution is -2.59. The third-order valence-corrected chi connectivity index (χ3v) is 8.83. The molecule has 180 valence electrons. The van der Waals surface area contributed by atoms with Crippen LogP contribution in [-0.4, -0.2) is 12.5 Å². The third kappa shape index (κ3) is 4.47. The Hall–Kier alpha value is -2.78. The number of nitrogens with one attached hydrogen (secondary N) is 1. The van der Waals surface area contributed by atoms with Gasteiger partial charge in [0.2, 0.25) is 5.91 Å². The van der Waals surface area contributed by atoms with Crippen molar-refractivity contribution in [2.75, 3.05) is 6.54 Å². The van der Waals surface area contributed by atoms with Crippen LogP contribution in [0.15, 0.2) is 78.9 Å². The van der Waals surface area contributed by atoms with Crippen LogP contribution < -0.4 is 10.1 Å². The van der Waals surface area contributed by atoms with E-state index < -0.39 is 0 Å². The first-order valence-corrected chi connectivity index (χ1v) is 13.3. The maximum absolute atomic E-state index is 13.7. The fourth-order valence-corrected chi connectivity index (χ4v) is 7.69. The van der Waals surface area contributed by atoms with E-state index in [4.69, 9.17) is 16.3 Å². The highest BCUT2D eigenvalue weighted by atomic mass is 35.5. The number of halogens is 1. The van der Waals surface area contributed by atoms with Crippen LogP contribution >= 0.6 is 11.6 Å². The van der Waals surface area contributed by atoms with Crippen molar-refractivity contribution < 1.29 is 9.53 Å². The summed E-state index contributed by atoms with van der Waals surface area (Å²) < 4.78 is 5.98. The van der Waals surface area contributed by atoms with E-state index >= 15 is 0 Å². The van der Waals surface area contributed by atoms with E-state index in [0.29, 0.717) is 18.4 Å². The van der Waals surface area contributed by atoms with E-state index in [-0.39, 0.29) is 16.7 Å². The maximum atomic E-state index is 13.7. The molecule has 0 heterocycles. The fraction of sp³-hybridized carbons (Fsp3) is 0.387. The summed E-state index contributed by atoms with van der Waals surface area (Å²) in [6.45, 7) is 0.651. The lowest BCUT2D eigenvalue weighted by atomic mass is 9.42. The van der Waals surface area contributed by atoms with Gasteiger partial charge in [0.05, 0.1) is 5.41 Å². The zero-order valence-electron chi connectivity index (χ0n) is 20.0. The highest BCUT2D eigenvalue weighted by Gasteiger charge is 2.60. The molecule has 0 aliphatic heterocycles. The van der Waals surface area contributed by atoms with Gasteiger partial charge in [0.25, 0.3) is 0 Å². The number of hydrogen-bond acceptors (Lipinski definition) is 2. The molecule has 2 atom stereocenters. The molecule has 4 saturated carbocycles. The summed E-state index contributed by atoms with van der Waals surface area (Å²) in [5.74, 6) is 3.23. The summed E-state index contributed by atoms with van der Waals surface area (Å²) in [6, 6.07) is 26.4. The highest BCUT2D eigenvalue weighted by Crippen LogP contribution is 2.65. The number of para-hydroxylation sites is 1. The van der Waals surface area contributed by atoms with E-state index in [0.717, 1.165) is 42.2 Å². The van der Waals surface area contributed by atoms with Crippen LogP contribution in [-0.2, 0) is 16.6 Å². The summed E-state index contributed by atoms with van der Waals surface area (Å²) in [4.78, 5) is 13.7. The first-order valence-electron chi connectivity index (χ1n) is 12.9. The molecule has 2 unspecified atom stereocenters. The van der Waals surface area contributed by atoms with Gasteiger partial charge in [-0.25, -0.2) is 0 Å². The number of hydrogen-bond donors (Lipinski definition) is 1. The number of ether oxygens (including phenoxy) is 1. The third-order valence-electron chi connectivity index (χ3n) is 8.58. The Morgan fingerprint density at radius 3 is 2.34 bits per heavy atom. The van der Waals surface area contributed by atoms with Gasteiger partial charge in [0.15, 0.2) is 0 Å². The van der Waals surface area contributed by atoms with Gasteiger partial charge in [-0.15, -0.1) is 0 Å². The zero-order chi connectivity index (χ0) is 23.9. The number of carbonyl (C=O) groups excluding carboxylic acids is 1. The Balaban J connectivity index is 1.12. The summed E-state index contributed by atoms with van der Waals surface area (Å²) in [5, 5.41) is 4.12. The number of carbonyl (C=O) groups is 1. The van der Waals surface area contributed by atoms with Gasteiger partial charge >= 0.3 is 0 Å². The fourth-order valence-electron chi connectivity index (χ4n) is 7.57. The van der Waals surface area contributed by atoms with Crippen molar-refractivity contribution in [1.29, 1.82) is 0 Å². The van der Waals surface area contributed by atoms with Crippen LogP contribution in [0.1, 0.15) is 49.7 Å². The molecule has 0 spiro atoms. The van der Waals surface area contributed by atoms with Crippen molar-refractivity contribution in [3.63, 3.8) is 0 Å². The average Bonchev–Trinajstić information content (AvgIpc) is 2.84. The predicted molar refractivity (Wildman–Crippen MR) is 140 cm³/mol. The van der Waals surface area contributed by atoms with Gasteiger partial charge in [-0.2, -0.15) is 0 Å². The normalized spacial score (nSPS) is 28.6. The summed E-state index contributed by atoms with van der Waals surface area (Å²) in [7, 11) is 0. The van der Waals surface area contributed by atoms with Crippen LogP contribution in [0.3, 0.4) is 0 Å². The van der Waals surface area contributed by atoms with Crippen LogP contribution in [0, 0.1) is 17.3 Å². The van der Waals surface area contributed by atoms with Gasteiger partial charge in [-0.3, -0.25) is 4.79 Å². The molecule has 1 amide bonds. The molecule has 4 bridgehead atoms. The predicted octanol–water partition coefficient (Wildman–Crippen LogP) is 7.33. The Labute approximate surface area is 212 Å². The van der Waals surface area contributed by atoms with E-state index in [1.165, 1.54) is 30.4 Å². The minimum absolute atomic E-state index is 0.134. The van der Waals surface area contributed by atoms with Crippen molar-refractivity contribution in [2.24, 2.45) is 17.3 Å². The Morgan fingerprint density at radius 1 is 0.886 bits per heavy atom. The minimum Gasteiger partial charge on any atom is -0.457 e. The zero-order valence-corrected chi connectivity index (χ0v) is 20.8. The Bertz CT molecular complexity index is 1190. The largest absolute Gasteiger partial charge is 0.457 e. The number of benzene rings is 3. The molecule has 4 aliphatic rings. The van der Waals surface area contributed by atoms with Crippen LogP contribution in [0.2, 0.25) is 5.02 Å². The van der Waals surface area contributed by atoms with E-state index in [9.17, 15) is 4.79 Å². The Morgan fingerprint density at radius 2 is 1.60 bits per heavy atom. The van der Waals surface area contributed by atoms with Gasteiger partial charge < -0.3 is 10.1 Å². The molecule has 4 heteroatoms. The van der Waals surface area contributed by atoms with Crippen molar-refractivity contribution in [3.8, 4) is 11.5 Å². The summed E-state index contributed by atoms with van der Waals surface area (Å²) in [5.41, 5.74) is 2.46. The molecule has 1 N–H and O–H groups in total. The standard InChI is InChI=1S/C31H32ClNO2/c32-26-11-9-25(10-12-26)30-17-23-15-24(18-30)20-31(19-23,21-30)29(34)33-14-13-22-5-4-8-28(16-22)35-27-6-2-1-3-7-27/h1-12,16,23-24H,13-15,17-21H2,(H,33,34).